The Morgan fingerprint density at radius 2 is 2.24 bits per heavy atom. The molecule has 0 unspecified atom stereocenters. The highest BCUT2D eigenvalue weighted by molar-refractivity contribution is 6.01. The number of benzene rings is 1. The van der Waals surface area contributed by atoms with E-state index in [0.29, 0.717) is 18.7 Å². The van der Waals surface area contributed by atoms with Crippen molar-refractivity contribution in [1.29, 1.82) is 0 Å². The summed E-state index contributed by atoms with van der Waals surface area (Å²) in [7, 11) is 0. The summed E-state index contributed by atoms with van der Waals surface area (Å²) in [5, 5.41) is 5.58. The van der Waals surface area contributed by atoms with Gasteiger partial charge in [-0.25, -0.2) is 0 Å². The molecular formula is C16H20N2O3. The Balaban J connectivity index is 2.16. The van der Waals surface area contributed by atoms with E-state index in [1.807, 2.05) is 32.9 Å². The molecule has 0 saturated heterocycles. The van der Waals surface area contributed by atoms with Crippen LogP contribution in [0.25, 0.3) is 0 Å². The first-order valence-corrected chi connectivity index (χ1v) is 6.96. The van der Waals surface area contributed by atoms with E-state index in [9.17, 15) is 9.59 Å². The zero-order valence-corrected chi connectivity index (χ0v) is 12.5. The van der Waals surface area contributed by atoms with Gasteiger partial charge >= 0.3 is 0 Å². The number of hydrogen-bond donors (Lipinski definition) is 2. The zero-order valence-electron chi connectivity index (χ0n) is 12.5. The summed E-state index contributed by atoms with van der Waals surface area (Å²) in [6.45, 7) is 6.43. The van der Waals surface area contributed by atoms with E-state index in [2.05, 4.69) is 10.6 Å². The van der Waals surface area contributed by atoms with E-state index < -0.39 is 0 Å². The van der Waals surface area contributed by atoms with Gasteiger partial charge in [-0.15, -0.1) is 0 Å². The highest BCUT2D eigenvalue weighted by Crippen LogP contribution is 2.38. The van der Waals surface area contributed by atoms with Gasteiger partial charge in [-0.05, 0) is 24.6 Å². The standard InChI is InChI=1S/C16H20N2O3/c1-4-21-8-7-14(19)17-11-5-6-12-13(9-11)18-15(20)10-16(12,2)3/h5-9H,4,10H2,1-3H3,(H,17,19)(H,18,20). The maximum atomic E-state index is 11.7. The molecule has 112 valence electrons. The van der Waals surface area contributed by atoms with Crippen molar-refractivity contribution in [3.8, 4) is 0 Å². The van der Waals surface area contributed by atoms with Gasteiger partial charge in [0.15, 0.2) is 0 Å². The topological polar surface area (TPSA) is 67.4 Å². The van der Waals surface area contributed by atoms with Crippen molar-refractivity contribution >= 4 is 23.2 Å². The van der Waals surface area contributed by atoms with Crippen molar-refractivity contribution in [2.45, 2.75) is 32.6 Å². The van der Waals surface area contributed by atoms with E-state index in [1.54, 1.807) is 6.07 Å². The summed E-state index contributed by atoms with van der Waals surface area (Å²) in [5.74, 6) is -0.281. The first kappa shape index (κ1) is 15.1. The molecule has 21 heavy (non-hydrogen) atoms. The van der Waals surface area contributed by atoms with Gasteiger partial charge < -0.3 is 15.4 Å². The van der Waals surface area contributed by atoms with Crippen LogP contribution < -0.4 is 10.6 Å². The minimum absolute atomic E-state index is 0.00721. The summed E-state index contributed by atoms with van der Waals surface area (Å²) >= 11 is 0. The summed E-state index contributed by atoms with van der Waals surface area (Å²) < 4.78 is 4.98. The van der Waals surface area contributed by atoms with Gasteiger partial charge in [-0.1, -0.05) is 19.9 Å². The van der Waals surface area contributed by atoms with Crippen LogP contribution in [0.4, 0.5) is 11.4 Å². The van der Waals surface area contributed by atoms with E-state index in [1.165, 1.54) is 12.3 Å². The number of amides is 2. The first-order valence-electron chi connectivity index (χ1n) is 6.96. The number of anilines is 2. The fraction of sp³-hybridized carbons (Fsp3) is 0.375. The molecule has 0 saturated carbocycles. The fourth-order valence-corrected chi connectivity index (χ4v) is 2.40. The quantitative estimate of drug-likeness (QED) is 0.661. The predicted molar refractivity (Wildman–Crippen MR) is 82.1 cm³/mol. The molecule has 1 aliphatic rings. The third-order valence-corrected chi connectivity index (χ3v) is 3.38. The number of ether oxygens (including phenoxy) is 1. The van der Waals surface area contributed by atoms with Crippen LogP contribution in [-0.2, 0) is 19.7 Å². The van der Waals surface area contributed by atoms with E-state index in [4.69, 9.17) is 4.74 Å². The largest absolute Gasteiger partial charge is 0.501 e. The molecule has 0 radical (unpaired) electrons. The minimum atomic E-state index is -0.273. The number of carbonyl (C=O) groups excluding carboxylic acids is 2. The Hall–Kier alpha value is -2.30. The highest BCUT2D eigenvalue weighted by atomic mass is 16.5. The number of rotatable bonds is 4. The smallest absolute Gasteiger partial charge is 0.251 e. The van der Waals surface area contributed by atoms with Crippen molar-refractivity contribution in [2.24, 2.45) is 0 Å². The lowest BCUT2D eigenvalue weighted by Gasteiger charge is -2.32. The van der Waals surface area contributed by atoms with Crippen LogP contribution in [0.2, 0.25) is 0 Å². The lowest BCUT2D eigenvalue weighted by molar-refractivity contribution is -0.117. The molecule has 2 rings (SSSR count). The third-order valence-electron chi connectivity index (χ3n) is 3.38. The maximum Gasteiger partial charge on any atom is 0.251 e. The predicted octanol–water partition coefficient (Wildman–Crippen LogP) is 2.80. The number of hydrogen-bond acceptors (Lipinski definition) is 3. The lowest BCUT2D eigenvalue weighted by atomic mass is 9.78. The van der Waals surface area contributed by atoms with Crippen molar-refractivity contribution in [3.05, 3.63) is 36.1 Å². The molecule has 1 heterocycles. The van der Waals surface area contributed by atoms with Crippen molar-refractivity contribution in [1.82, 2.24) is 0 Å². The van der Waals surface area contributed by atoms with Gasteiger partial charge in [0.1, 0.15) is 0 Å². The summed E-state index contributed by atoms with van der Waals surface area (Å²) in [6, 6.07) is 5.56. The van der Waals surface area contributed by atoms with Crippen LogP contribution in [-0.4, -0.2) is 18.4 Å². The third kappa shape index (κ3) is 3.62. The summed E-state index contributed by atoms with van der Waals surface area (Å²) in [5.41, 5.74) is 2.26. The average molecular weight is 288 g/mol. The molecule has 0 aliphatic carbocycles. The van der Waals surface area contributed by atoms with Gasteiger partial charge in [0.25, 0.3) is 5.91 Å². The van der Waals surface area contributed by atoms with E-state index >= 15 is 0 Å². The summed E-state index contributed by atoms with van der Waals surface area (Å²) in [6.07, 6.45) is 3.15. The molecule has 1 aromatic carbocycles. The van der Waals surface area contributed by atoms with Gasteiger partial charge in [-0.3, -0.25) is 9.59 Å². The SMILES string of the molecule is CCOC=CC(=O)Nc1ccc2c(c1)NC(=O)CC2(C)C. The number of nitrogens with one attached hydrogen (secondary N) is 2. The van der Waals surface area contributed by atoms with Crippen LogP contribution in [0.15, 0.2) is 30.5 Å². The van der Waals surface area contributed by atoms with E-state index in [-0.39, 0.29) is 17.2 Å². The Labute approximate surface area is 124 Å². The second kappa shape index (κ2) is 5.99. The van der Waals surface area contributed by atoms with Crippen LogP contribution in [0.3, 0.4) is 0 Å². The average Bonchev–Trinajstić information content (AvgIpc) is 2.37. The van der Waals surface area contributed by atoms with Gasteiger partial charge in [0.05, 0.1) is 12.9 Å². The van der Waals surface area contributed by atoms with Crippen LogP contribution >= 0.6 is 0 Å². The molecule has 1 aromatic rings. The van der Waals surface area contributed by atoms with Gasteiger partial charge in [-0.2, -0.15) is 0 Å². The van der Waals surface area contributed by atoms with E-state index in [0.717, 1.165) is 11.3 Å². The van der Waals surface area contributed by atoms with Crippen LogP contribution in [0.5, 0.6) is 0 Å². The molecule has 0 aromatic heterocycles. The first-order chi connectivity index (χ1) is 9.92. The maximum absolute atomic E-state index is 11.7. The second-order valence-corrected chi connectivity index (χ2v) is 5.62. The number of carbonyl (C=O) groups is 2. The molecule has 5 heteroatoms. The summed E-state index contributed by atoms with van der Waals surface area (Å²) in [4.78, 5) is 23.4. The number of fused-ring (bicyclic) bond motifs is 1. The Bertz CT molecular complexity index is 591. The molecule has 0 fully saturated rings. The lowest BCUT2D eigenvalue weighted by Crippen LogP contribution is -2.32. The second-order valence-electron chi connectivity index (χ2n) is 5.62. The van der Waals surface area contributed by atoms with Gasteiger partial charge in [0.2, 0.25) is 5.91 Å². The monoisotopic (exact) mass is 288 g/mol. The molecule has 0 bridgehead atoms. The molecule has 0 atom stereocenters. The zero-order chi connectivity index (χ0) is 15.5. The Kier molecular flexibility index (Phi) is 4.31. The normalized spacial score (nSPS) is 16.2. The molecular weight excluding hydrogens is 268 g/mol. The van der Waals surface area contributed by atoms with Crippen molar-refractivity contribution in [3.63, 3.8) is 0 Å². The Morgan fingerprint density at radius 1 is 1.48 bits per heavy atom. The molecule has 2 amide bonds. The fourth-order valence-electron chi connectivity index (χ4n) is 2.40. The Morgan fingerprint density at radius 3 is 2.95 bits per heavy atom. The van der Waals surface area contributed by atoms with Crippen LogP contribution in [0, 0.1) is 0 Å². The molecule has 0 spiro atoms. The molecule has 1 aliphatic heterocycles. The molecule has 2 N–H and O–H groups in total. The highest BCUT2D eigenvalue weighted by Gasteiger charge is 2.31. The minimum Gasteiger partial charge on any atom is -0.501 e. The van der Waals surface area contributed by atoms with Crippen molar-refractivity contribution < 1.29 is 14.3 Å². The molecule has 5 nitrogen and oxygen atoms in total. The van der Waals surface area contributed by atoms with Crippen LogP contribution in [0.1, 0.15) is 32.8 Å². The van der Waals surface area contributed by atoms with Crippen molar-refractivity contribution in [2.75, 3.05) is 17.2 Å². The van der Waals surface area contributed by atoms with Gasteiger partial charge in [0, 0.05) is 29.3 Å².